The van der Waals surface area contributed by atoms with Gasteiger partial charge in [0.25, 0.3) is 0 Å². The van der Waals surface area contributed by atoms with Crippen molar-refractivity contribution in [1.29, 1.82) is 0 Å². The minimum atomic E-state index is -0.00120. The minimum Gasteiger partial charge on any atom is -0.325 e. The number of ketones is 1. The smallest absolute Gasteiger partial charge is 0.195 e. The third-order valence-electron chi connectivity index (χ3n) is 2.10. The topological polar surface area (TPSA) is 34.9 Å². The van der Waals surface area contributed by atoms with Crippen LogP contribution in [0.3, 0.4) is 0 Å². The van der Waals surface area contributed by atoms with Crippen molar-refractivity contribution in [3.8, 4) is 0 Å². The molecule has 80 valence electrons. The molecule has 0 atom stereocenters. The maximum absolute atomic E-state index is 11.2. The number of aromatic nitrogens is 2. The van der Waals surface area contributed by atoms with Crippen LogP contribution in [0, 0.1) is 0 Å². The van der Waals surface area contributed by atoms with Crippen molar-refractivity contribution in [2.45, 2.75) is 20.8 Å². The van der Waals surface area contributed by atoms with Crippen molar-refractivity contribution in [3.63, 3.8) is 0 Å². The number of rotatable bonds is 1. The van der Waals surface area contributed by atoms with Crippen molar-refractivity contribution in [2.24, 2.45) is 7.05 Å². The molecule has 0 aliphatic rings. The number of hydrogen-bond donors (Lipinski definition) is 0. The third-order valence-corrected chi connectivity index (χ3v) is 2.10. The summed E-state index contributed by atoms with van der Waals surface area (Å²) in [5.74, 6) is 0.514. The predicted octanol–water partition coefficient (Wildman–Crippen LogP) is 2.80. The summed E-state index contributed by atoms with van der Waals surface area (Å²) in [5, 5.41) is 0. The fourth-order valence-corrected chi connectivity index (χ4v) is 1.46. The van der Waals surface area contributed by atoms with Gasteiger partial charge in [0.05, 0.1) is 11.0 Å². The Morgan fingerprint density at radius 3 is 2.40 bits per heavy atom. The van der Waals surface area contributed by atoms with Crippen LogP contribution in [0.2, 0.25) is 0 Å². The lowest BCUT2D eigenvalue weighted by Crippen LogP contribution is -2.02. The molecular weight excluding hydrogens is 188 g/mol. The molecule has 3 nitrogen and oxygen atoms in total. The Hall–Kier alpha value is -1.64. The fourth-order valence-electron chi connectivity index (χ4n) is 1.46. The molecule has 2 aromatic rings. The van der Waals surface area contributed by atoms with Gasteiger partial charge < -0.3 is 4.57 Å². The number of fused-ring (bicyclic) bond motifs is 1. The molecule has 0 fully saturated rings. The van der Waals surface area contributed by atoms with E-state index in [1.807, 2.05) is 49.7 Å². The van der Waals surface area contributed by atoms with E-state index >= 15 is 0 Å². The average molecular weight is 204 g/mol. The van der Waals surface area contributed by atoms with E-state index < -0.39 is 0 Å². The van der Waals surface area contributed by atoms with Gasteiger partial charge >= 0.3 is 0 Å². The van der Waals surface area contributed by atoms with Crippen molar-refractivity contribution in [2.75, 3.05) is 0 Å². The number of nitrogens with zero attached hydrogens (tertiary/aromatic N) is 2. The Labute approximate surface area is 89.7 Å². The van der Waals surface area contributed by atoms with Crippen molar-refractivity contribution < 1.29 is 4.79 Å². The molecule has 0 aliphatic heterocycles. The van der Waals surface area contributed by atoms with Gasteiger partial charge in [0.2, 0.25) is 0 Å². The SMILES string of the molecule is CC.CC(=O)c1nc2ccccc2n1C. The van der Waals surface area contributed by atoms with Crippen molar-refractivity contribution in [3.05, 3.63) is 30.1 Å². The molecule has 1 aromatic carbocycles. The molecule has 0 amide bonds. The van der Waals surface area contributed by atoms with Crippen LogP contribution in [0.4, 0.5) is 0 Å². The zero-order chi connectivity index (χ0) is 11.4. The number of para-hydroxylation sites is 2. The molecule has 0 bridgehead atoms. The Balaban J connectivity index is 0.000000531. The first-order valence-electron chi connectivity index (χ1n) is 5.12. The van der Waals surface area contributed by atoms with E-state index in [1.54, 1.807) is 0 Å². The number of carbonyl (C=O) groups is 1. The minimum absolute atomic E-state index is 0.00120. The number of benzene rings is 1. The van der Waals surface area contributed by atoms with Gasteiger partial charge in [-0.15, -0.1) is 0 Å². The first-order valence-corrected chi connectivity index (χ1v) is 5.12. The molecule has 0 spiro atoms. The number of hydrogen-bond acceptors (Lipinski definition) is 2. The van der Waals surface area contributed by atoms with Crippen LogP contribution in [0.15, 0.2) is 24.3 Å². The monoisotopic (exact) mass is 204 g/mol. The third kappa shape index (κ3) is 2.06. The summed E-state index contributed by atoms with van der Waals surface area (Å²) in [6.45, 7) is 5.53. The lowest BCUT2D eigenvalue weighted by Gasteiger charge is -1.96. The van der Waals surface area contributed by atoms with Gasteiger partial charge in [-0.2, -0.15) is 0 Å². The normalized spacial score (nSPS) is 9.60. The second-order valence-electron chi connectivity index (χ2n) is 3.04. The summed E-state index contributed by atoms with van der Waals surface area (Å²) >= 11 is 0. The summed E-state index contributed by atoms with van der Waals surface area (Å²) in [4.78, 5) is 15.4. The Morgan fingerprint density at radius 2 is 1.87 bits per heavy atom. The molecule has 1 aromatic heterocycles. The van der Waals surface area contributed by atoms with Crippen LogP contribution in [-0.2, 0) is 7.05 Å². The van der Waals surface area contributed by atoms with Crippen LogP contribution in [0.1, 0.15) is 31.4 Å². The molecule has 0 radical (unpaired) electrons. The molecular formula is C12H16N2O. The molecule has 0 N–H and O–H groups in total. The average Bonchev–Trinajstić information content (AvgIpc) is 2.60. The van der Waals surface area contributed by atoms with Gasteiger partial charge in [-0.1, -0.05) is 26.0 Å². The standard InChI is InChI=1S/C10H10N2O.C2H6/c1-7(13)10-11-8-5-3-4-6-9(8)12(10)2;1-2/h3-6H,1-2H3;1-2H3. The van der Waals surface area contributed by atoms with Gasteiger partial charge in [0.1, 0.15) is 0 Å². The van der Waals surface area contributed by atoms with Crippen molar-refractivity contribution >= 4 is 16.8 Å². The summed E-state index contributed by atoms with van der Waals surface area (Å²) in [7, 11) is 1.85. The molecule has 0 unspecified atom stereocenters. The van der Waals surface area contributed by atoms with Gasteiger partial charge in [-0.05, 0) is 12.1 Å². The highest BCUT2D eigenvalue weighted by Gasteiger charge is 2.09. The summed E-state index contributed by atoms with van der Waals surface area (Å²) < 4.78 is 1.82. The second-order valence-corrected chi connectivity index (χ2v) is 3.04. The first kappa shape index (κ1) is 11.4. The number of Topliss-reactive ketones (excluding diaryl/α,β-unsaturated/α-hetero) is 1. The number of carbonyl (C=O) groups excluding carboxylic acids is 1. The molecule has 15 heavy (non-hydrogen) atoms. The van der Waals surface area contributed by atoms with E-state index in [0.29, 0.717) is 5.82 Å². The van der Waals surface area contributed by atoms with E-state index in [0.717, 1.165) is 11.0 Å². The maximum atomic E-state index is 11.2. The van der Waals surface area contributed by atoms with Crippen LogP contribution in [0.5, 0.6) is 0 Å². The number of imidazole rings is 1. The zero-order valence-electron chi connectivity index (χ0n) is 9.61. The summed E-state index contributed by atoms with van der Waals surface area (Å²) in [5.41, 5.74) is 1.86. The second kappa shape index (κ2) is 4.73. The van der Waals surface area contributed by atoms with Crippen LogP contribution in [0.25, 0.3) is 11.0 Å². The largest absolute Gasteiger partial charge is 0.325 e. The first-order chi connectivity index (χ1) is 7.20. The highest BCUT2D eigenvalue weighted by atomic mass is 16.1. The van der Waals surface area contributed by atoms with Gasteiger partial charge in [-0.25, -0.2) is 4.98 Å². The van der Waals surface area contributed by atoms with Gasteiger partial charge in [-0.3, -0.25) is 4.79 Å². The molecule has 3 heteroatoms. The van der Waals surface area contributed by atoms with E-state index in [4.69, 9.17) is 0 Å². The molecule has 0 saturated carbocycles. The zero-order valence-corrected chi connectivity index (χ0v) is 9.61. The van der Waals surface area contributed by atoms with Gasteiger partial charge in [0, 0.05) is 14.0 Å². The number of aryl methyl sites for hydroxylation is 1. The van der Waals surface area contributed by atoms with Crippen LogP contribution in [-0.4, -0.2) is 15.3 Å². The van der Waals surface area contributed by atoms with Gasteiger partial charge in [0.15, 0.2) is 11.6 Å². The fraction of sp³-hybridized carbons (Fsp3) is 0.333. The van der Waals surface area contributed by atoms with E-state index in [1.165, 1.54) is 6.92 Å². The quantitative estimate of drug-likeness (QED) is 0.669. The maximum Gasteiger partial charge on any atom is 0.195 e. The van der Waals surface area contributed by atoms with E-state index in [-0.39, 0.29) is 5.78 Å². The Bertz CT molecular complexity index is 471. The van der Waals surface area contributed by atoms with Crippen molar-refractivity contribution in [1.82, 2.24) is 9.55 Å². The molecule has 2 rings (SSSR count). The predicted molar refractivity (Wildman–Crippen MR) is 62.1 cm³/mol. The van der Waals surface area contributed by atoms with Crippen LogP contribution >= 0.6 is 0 Å². The lowest BCUT2D eigenvalue weighted by atomic mass is 10.3. The highest BCUT2D eigenvalue weighted by molar-refractivity contribution is 5.94. The van der Waals surface area contributed by atoms with E-state index in [9.17, 15) is 4.79 Å². The molecule has 0 aliphatic carbocycles. The lowest BCUT2D eigenvalue weighted by molar-refractivity contribution is 0.100. The molecule has 0 saturated heterocycles. The van der Waals surface area contributed by atoms with Crippen LogP contribution < -0.4 is 0 Å². The van der Waals surface area contributed by atoms with E-state index in [2.05, 4.69) is 4.98 Å². The molecule has 1 heterocycles. The Kier molecular flexibility index (Phi) is 3.61. The Morgan fingerprint density at radius 1 is 1.27 bits per heavy atom. The summed E-state index contributed by atoms with van der Waals surface area (Å²) in [6, 6.07) is 7.71. The highest BCUT2D eigenvalue weighted by Crippen LogP contribution is 2.13. The summed E-state index contributed by atoms with van der Waals surface area (Å²) in [6.07, 6.45) is 0.